The van der Waals surface area contributed by atoms with Crippen LogP contribution < -0.4 is 20.1 Å². The van der Waals surface area contributed by atoms with Crippen molar-refractivity contribution in [2.24, 2.45) is 0 Å². The lowest BCUT2D eigenvalue weighted by Gasteiger charge is -2.11. The Morgan fingerprint density at radius 2 is 1.48 bits per heavy atom. The highest BCUT2D eigenvalue weighted by atomic mass is 35.5. The molecule has 11 heteroatoms. The van der Waals surface area contributed by atoms with Gasteiger partial charge in [0.2, 0.25) is 5.82 Å². The monoisotopic (exact) mass is 433 g/mol. The van der Waals surface area contributed by atoms with Crippen LogP contribution in [0.3, 0.4) is 0 Å². The summed E-state index contributed by atoms with van der Waals surface area (Å²) >= 11 is 5.80. The number of carbonyl (C=O) groups is 1. The van der Waals surface area contributed by atoms with Gasteiger partial charge in [0, 0.05) is 28.8 Å². The van der Waals surface area contributed by atoms with Gasteiger partial charge in [-0.1, -0.05) is 11.6 Å². The van der Waals surface area contributed by atoms with Gasteiger partial charge in [0.05, 0.1) is 12.0 Å². The number of amides is 2. The number of hydrogen-bond acceptors (Lipinski definition) is 6. The van der Waals surface area contributed by atoms with Crippen LogP contribution in [0, 0.1) is 0 Å². The van der Waals surface area contributed by atoms with E-state index in [4.69, 9.17) is 16.3 Å². The highest BCUT2D eigenvalue weighted by molar-refractivity contribution is 7.92. The van der Waals surface area contributed by atoms with Crippen molar-refractivity contribution in [1.82, 2.24) is 9.97 Å². The third-order valence-electron chi connectivity index (χ3n) is 3.61. The molecular weight excluding hydrogens is 418 g/mol. The Morgan fingerprint density at radius 1 is 0.931 bits per heavy atom. The van der Waals surface area contributed by atoms with Crippen molar-refractivity contribution in [2.75, 3.05) is 22.5 Å². The molecule has 0 aliphatic carbocycles. The van der Waals surface area contributed by atoms with Crippen molar-refractivity contribution in [3.8, 4) is 5.88 Å². The Hall–Kier alpha value is -3.37. The number of methoxy groups -OCH3 is 1. The van der Waals surface area contributed by atoms with Crippen LogP contribution in [0.4, 0.5) is 22.0 Å². The van der Waals surface area contributed by atoms with E-state index in [-0.39, 0.29) is 16.6 Å². The van der Waals surface area contributed by atoms with E-state index >= 15 is 0 Å². The van der Waals surface area contributed by atoms with Crippen LogP contribution in [0.1, 0.15) is 0 Å². The van der Waals surface area contributed by atoms with E-state index in [0.717, 1.165) is 0 Å². The van der Waals surface area contributed by atoms with E-state index in [1.54, 1.807) is 24.3 Å². The average Bonchev–Trinajstić information content (AvgIpc) is 2.70. The van der Waals surface area contributed by atoms with Crippen LogP contribution in [0.25, 0.3) is 0 Å². The summed E-state index contributed by atoms with van der Waals surface area (Å²) in [6.45, 7) is 0. The number of carbonyl (C=O) groups excluding carboxylic acids is 1. The first-order chi connectivity index (χ1) is 13.9. The van der Waals surface area contributed by atoms with E-state index in [9.17, 15) is 13.2 Å². The van der Waals surface area contributed by atoms with Crippen LogP contribution in [0.15, 0.2) is 65.8 Å². The Bertz CT molecular complexity index is 1110. The van der Waals surface area contributed by atoms with Crippen LogP contribution in [-0.2, 0) is 10.0 Å². The van der Waals surface area contributed by atoms with Gasteiger partial charge < -0.3 is 15.4 Å². The largest absolute Gasteiger partial charge is 0.478 e. The average molecular weight is 434 g/mol. The van der Waals surface area contributed by atoms with Gasteiger partial charge in [0.25, 0.3) is 15.9 Å². The molecule has 150 valence electrons. The van der Waals surface area contributed by atoms with Crippen molar-refractivity contribution >= 4 is 44.8 Å². The molecule has 0 fully saturated rings. The van der Waals surface area contributed by atoms with E-state index in [1.165, 1.54) is 43.8 Å². The number of nitrogens with zero attached hydrogens (tertiary/aromatic N) is 2. The van der Waals surface area contributed by atoms with Gasteiger partial charge in [0.1, 0.15) is 0 Å². The topological polar surface area (TPSA) is 122 Å². The summed E-state index contributed by atoms with van der Waals surface area (Å²) in [6, 6.07) is 11.8. The molecule has 3 N–H and O–H groups in total. The number of rotatable bonds is 6. The molecule has 0 radical (unpaired) electrons. The molecule has 3 rings (SSSR count). The molecule has 1 heterocycles. The fourth-order valence-electron chi connectivity index (χ4n) is 2.27. The van der Waals surface area contributed by atoms with Gasteiger partial charge in [-0.3, -0.25) is 4.72 Å². The Balaban J connectivity index is 1.67. The number of ether oxygens (including phenoxy) is 1. The highest BCUT2D eigenvalue weighted by Gasteiger charge is 2.18. The molecular formula is C18H16ClN5O4S. The lowest BCUT2D eigenvalue weighted by molar-refractivity contribution is 0.262. The van der Waals surface area contributed by atoms with E-state index in [2.05, 4.69) is 25.3 Å². The summed E-state index contributed by atoms with van der Waals surface area (Å²) in [6.07, 6.45) is 2.72. The molecule has 29 heavy (non-hydrogen) atoms. The summed E-state index contributed by atoms with van der Waals surface area (Å²) in [5.41, 5.74) is 0.973. The lowest BCUT2D eigenvalue weighted by atomic mass is 10.3. The van der Waals surface area contributed by atoms with Crippen molar-refractivity contribution in [1.29, 1.82) is 0 Å². The minimum atomic E-state index is -3.92. The van der Waals surface area contributed by atoms with Crippen LogP contribution in [-0.4, -0.2) is 31.5 Å². The maximum atomic E-state index is 12.5. The van der Waals surface area contributed by atoms with Gasteiger partial charge >= 0.3 is 6.03 Å². The number of nitrogens with one attached hydrogen (secondary N) is 3. The van der Waals surface area contributed by atoms with E-state index in [0.29, 0.717) is 16.4 Å². The summed E-state index contributed by atoms with van der Waals surface area (Å²) in [4.78, 5) is 19.8. The normalized spacial score (nSPS) is 10.8. The maximum absolute atomic E-state index is 12.5. The molecule has 0 aliphatic heterocycles. The molecule has 0 bridgehead atoms. The number of urea groups is 1. The second kappa shape index (κ2) is 8.76. The van der Waals surface area contributed by atoms with Crippen LogP contribution in [0.5, 0.6) is 5.88 Å². The fourth-order valence-corrected chi connectivity index (χ4v) is 3.41. The van der Waals surface area contributed by atoms with Crippen molar-refractivity contribution in [3.05, 3.63) is 65.9 Å². The summed E-state index contributed by atoms with van der Waals surface area (Å²) < 4.78 is 32.4. The zero-order valence-electron chi connectivity index (χ0n) is 15.1. The van der Waals surface area contributed by atoms with Crippen LogP contribution in [0.2, 0.25) is 5.02 Å². The lowest BCUT2D eigenvalue weighted by Crippen LogP contribution is -2.19. The van der Waals surface area contributed by atoms with E-state index in [1.807, 2.05) is 0 Å². The highest BCUT2D eigenvalue weighted by Crippen LogP contribution is 2.22. The number of halogens is 1. The smallest absolute Gasteiger partial charge is 0.323 e. The first-order valence-electron chi connectivity index (χ1n) is 8.19. The number of aromatic nitrogens is 2. The molecule has 3 aromatic rings. The molecule has 2 amide bonds. The molecule has 2 aromatic carbocycles. The van der Waals surface area contributed by atoms with Crippen molar-refractivity contribution in [2.45, 2.75) is 4.90 Å². The molecule has 0 atom stereocenters. The molecule has 1 aromatic heterocycles. The Morgan fingerprint density at radius 3 is 2.07 bits per heavy atom. The minimum absolute atomic E-state index is 0.0196. The molecule has 9 nitrogen and oxygen atoms in total. The molecule has 0 spiro atoms. The first kappa shape index (κ1) is 20.4. The predicted molar refractivity (Wildman–Crippen MR) is 110 cm³/mol. The summed E-state index contributed by atoms with van der Waals surface area (Å²) in [7, 11) is -2.56. The summed E-state index contributed by atoms with van der Waals surface area (Å²) in [5, 5.41) is 5.81. The standard InChI is InChI=1S/C18H16ClN5O4S/c1-28-17-16(20-10-11-21-17)24-29(26,27)15-8-6-14(7-9-15)23-18(25)22-13-4-2-12(19)3-5-13/h2-11H,1H3,(H,20,24)(H2,22,23,25). The maximum Gasteiger partial charge on any atom is 0.323 e. The number of benzene rings is 2. The number of sulfonamides is 1. The molecule has 0 aliphatic rings. The third kappa shape index (κ3) is 5.33. The number of hydrogen-bond donors (Lipinski definition) is 3. The quantitative estimate of drug-likeness (QED) is 0.546. The van der Waals surface area contributed by atoms with Gasteiger partial charge in [-0.15, -0.1) is 0 Å². The summed E-state index contributed by atoms with van der Waals surface area (Å²) in [5.74, 6) is 0.0211. The van der Waals surface area contributed by atoms with Gasteiger partial charge in [-0.2, -0.15) is 0 Å². The fraction of sp³-hybridized carbons (Fsp3) is 0.0556. The van der Waals surface area contributed by atoms with E-state index < -0.39 is 16.1 Å². The Kier molecular flexibility index (Phi) is 6.15. The van der Waals surface area contributed by atoms with Gasteiger partial charge in [-0.25, -0.2) is 23.2 Å². The second-order valence-electron chi connectivity index (χ2n) is 5.63. The third-order valence-corrected chi connectivity index (χ3v) is 5.22. The minimum Gasteiger partial charge on any atom is -0.478 e. The van der Waals surface area contributed by atoms with Gasteiger partial charge in [0.15, 0.2) is 0 Å². The second-order valence-corrected chi connectivity index (χ2v) is 7.75. The predicted octanol–water partition coefficient (Wildman–Crippen LogP) is 3.58. The van der Waals surface area contributed by atoms with Crippen LogP contribution >= 0.6 is 11.6 Å². The molecule has 0 unspecified atom stereocenters. The Labute approximate surface area is 172 Å². The van der Waals surface area contributed by atoms with Crippen molar-refractivity contribution in [3.63, 3.8) is 0 Å². The first-order valence-corrected chi connectivity index (χ1v) is 10.0. The van der Waals surface area contributed by atoms with Crippen molar-refractivity contribution < 1.29 is 17.9 Å². The zero-order valence-corrected chi connectivity index (χ0v) is 16.7. The SMILES string of the molecule is COc1nccnc1NS(=O)(=O)c1ccc(NC(=O)Nc2ccc(Cl)cc2)cc1. The number of anilines is 3. The molecule has 0 saturated heterocycles. The molecule has 0 saturated carbocycles. The zero-order chi connectivity index (χ0) is 20.9. The van der Waals surface area contributed by atoms with Gasteiger partial charge in [-0.05, 0) is 48.5 Å².